The number of anilines is 1. The maximum Gasteiger partial charge on any atom is 0.315 e. The van der Waals surface area contributed by atoms with Gasteiger partial charge in [-0.05, 0) is 6.92 Å². The molecule has 86 valence electrons. The van der Waals surface area contributed by atoms with Gasteiger partial charge < -0.3 is 15.5 Å². The van der Waals surface area contributed by atoms with Crippen molar-refractivity contribution in [3.63, 3.8) is 0 Å². The monoisotopic (exact) mass is 239 g/mol. The molecule has 0 saturated carbocycles. The Bertz CT molecular complexity index is 452. The highest BCUT2D eigenvalue weighted by molar-refractivity contribution is 7.11. The molecule has 0 aromatic carbocycles. The fourth-order valence-electron chi connectivity index (χ4n) is 1.18. The molecule has 0 spiro atoms. The third-order valence-corrected chi connectivity index (χ3v) is 2.80. The Morgan fingerprint density at radius 2 is 2.38 bits per heavy atom. The van der Waals surface area contributed by atoms with E-state index >= 15 is 0 Å². The summed E-state index contributed by atoms with van der Waals surface area (Å²) < 4.78 is 5.32. The smallest absolute Gasteiger partial charge is 0.315 e. The summed E-state index contributed by atoms with van der Waals surface area (Å²) in [5.74, 6) is 0.556. The average Bonchev–Trinajstić information content (AvgIpc) is 2.85. The Kier molecular flexibility index (Phi) is 3.47. The summed E-state index contributed by atoms with van der Waals surface area (Å²) in [5, 5.41) is 11.7. The highest BCUT2D eigenvalue weighted by Gasteiger charge is 2.05. The molecule has 0 radical (unpaired) electrons. The average molecular weight is 239 g/mol. The van der Waals surface area contributed by atoms with Crippen molar-refractivity contribution in [1.82, 2.24) is 15.2 Å². The normalized spacial score (nSPS) is 10.6. The third-order valence-electron chi connectivity index (χ3n) is 1.89. The number of hydrogen-bond donors (Lipinski definition) is 2. The molecule has 6 nitrogen and oxygen atoms in total. The van der Waals surface area contributed by atoms with E-state index in [-0.39, 0.29) is 0 Å². The zero-order chi connectivity index (χ0) is 11.4. The molecule has 0 aliphatic heterocycles. The van der Waals surface area contributed by atoms with Crippen molar-refractivity contribution in [1.29, 1.82) is 0 Å². The zero-order valence-corrected chi connectivity index (χ0v) is 9.75. The largest absolute Gasteiger partial charge is 0.408 e. The molecule has 0 fully saturated rings. The number of nitrogens with two attached hydrogens (primary N) is 1. The molecule has 2 aromatic heterocycles. The first kappa shape index (κ1) is 11.0. The molecule has 0 aliphatic rings. The summed E-state index contributed by atoms with van der Waals surface area (Å²) in [5.41, 5.74) is 5.38. The summed E-state index contributed by atoms with van der Waals surface area (Å²) in [6, 6.07) is 0.413. The molecule has 0 bridgehead atoms. The Morgan fingerprint density at radius 3 is 3.06 bits per heavy atom. The molecule has 0 atom stereocenters. The van der Waals surface area contributed by atoms with Gasteiger partial charge in [-0.2, -0.15) is 0 Å². The van der Waals surface area contributed by atoms with E-state index in [0.29, 0.717) is 31.4 Å². The molecule has 2 heterocycles. The lowest BCUT2D eigenvalue weighted by Gasteiger charge is -1.96. The first-order valence-corrected chi connectivity index (χ1v) is 5.77. The van der Waals surface area contributed by atoms with E-state index in [4.69, 9.17) is 10.2 Å². The number of aromatic nitrogens is 3. The van der Waals surface area contributed by atoms with Crippen LogP contribution in [0.3, 0.4) is 0 Å². The van der Waals surface area contributed by atoms with Crippen LogP contribution in [0.4, 0.5) is 6.01 Å². The van der Waals surface area contributed by atoms with Gasteiger partial charge in [-0.3, -0.25) is 0 Å². The van der Waals surface area contributed by atoms with Crippen LogP contribution in [0.15, 0.2) is 10.6 Å². The van der Waals surface area contributed by atoms with Crippen LogP contribution in [0.5, 0.6) is 0 Å². The Hall–Kier alpha value is -1.47. The SMILES string of the molecule is Cc1cnc(CNc2nnc(CCN)o2)s1. The van der Waals surface area contributed by atoms with E-state index in [1.54, 1.807) is 11.3 Å². The van der Waals surface area contributed by atoms with Crippen molar-refractivity contribution in [3.05, 3.63) is 22.0 Å². The fraction of sp³-hybridized carbons (Fsp3) is 0.444. The molecule has 3 N–H and O–H groups in total. The number of thiazole rings is 1. The molecule has 0 aliphatic carbocycles. The van der Waals surface area contributed by atoms with Gasteiger partial charge in [0.2, 0.25) is 5.89 Å². The van der Waals surface area contributed by atoms with Crippen molar-refractivity contribution >= 4 is 17.4 Å². The van der Waals surface area contributed by atoms with Crippen LogP contribution < -0.4 is 11.1 Å². The van der Waals surface area contributed by atoms with Crippen LogP contribution in [0.2, 0.25) is 0 Å². The summed E-state index contributed by atoms with van der Waals surface area (Å²) in [4.78, 5) is 5.41. The maximum absolute atomic E-state index is 5.38. The highest BCUT2D eigenvalue weighted by atomic mass is 32.1. The van der Waals surface area contributed by atoms with Gasteiger partial charge in [0.05, 0.1) is 6.54 Å². The number of nitrogens with zero attached hydrogens (tertiary/aromatic N) is 3. The lowest BCUT2D eigenvalue weighted by molar-refractivity contribution is 0.505. The van der Waals surface area contributed by atoms with Crippen molar-refractivity contribution in [2.24, 2.45) is 5.73 Å². The standard InChI is InChI=1S/C9H13N5OS/c1-6-4-11-8(16-6)5-12-9-14-13-7(15-9)2-3-10/h4H,2-3,5,10H2,1H3,(H,12,14). The molecule has 16 heavy (non-hydrogen) atoms. The molecule has 0 saturated heterocycles. The minimum atomic E-state index is 0.413. The minimum absolute atomic E-state index is 0.413. The number of hydrogen-bond acceptors (Lipinski definition) is 7. The first-order chi connectivity index (χ1) is 7.78. The van der Waals surface area contributed by atoms with Gasteiger partial charge in [0.15, 0.2) is 0 Å². The number of aryl methyl sites for hydroxylation is 1. The van der Waals surface area contributed by atoms with E-state index in [2.05, 4.69) is 20.5 Å². The summed E-state index contributed by atoms with van der Waals surface area (Å²) in [6.45, 7) is 3.13. The van der Waals surface area contributed by atoms with Gasteiger partial charge >= 0.3 is 6.01 Å². The summed E-state index contributed by atoms with van der Waals surface area (Å²) >= 11 is 1.64. The first-order valence-electron chi connectivity index (χ1n) is 4.95. The van der Waals surface area contributed by atoms with E-state index in [0.717, 1.165) is 5.01 Å². The minimum Gasteiger partial charge on any atom is -0.408 e. The Balaban J connectivity index is 1.89. The van der Waals surface area contributed by atoms with Gasteiger partial charge in [-0.15, -0.1) is 16.4 Å². The van der Waals surface area contributed by atoms with Crippen LogP contribution in [0.1, 0.15) is 15.8 Å². The summed E-state index contributed by atoms with van der Waals surface area (Å²) in [7, 11) is 0. The van der Waals surface area contributed by atoms with Gasteiger partial charge in [0.1, 0.15) is 5.01 Å². The van der Waals surface area contributed by atoms with Crippen LogP contribution in [0.25, 0.3) is 0 Å². The molecular formula is C9H13N5OS. The molecule has 0 unspecified atom stereocenters. The lowest BCUT2D eigenvalue weighted by atomic mass is 10.4. The van der Waals surface area contributed by atoms with Crippen LogP contribution in [-0.2, 0) is 13.0 Å². The van der Waals surface area contributed by atoms with Crippen molar-refractivity contribution in [3.8, 4) is 0 Å². The second kappa shape index (κ2) is 5.04. The second-order valence-electron chi connectivity index (χ2n) is 3.26. The predicted molar refractivity (Wildman–Crippen MR) is 61.2 cm³/mol. The maximum atomic E-state index is 5.38. The topological polar surface area (TPSA) is 89.9 Å². The fourth-order valence-corrected chi connectivity index (χ4v) is 1.91. The molecule has 7 heteroatoms. The predicted octanol–water partition coefficient (Wildman–Crippen LogP) is 0.948. The van der Waals surface area contributed by atoms with E-state index in [1.165, 1.54) is 4.88 Å². The quantitative estimate of drug-likeness (QED) is 0.807. The van der Waals surface area contributed by atoms with Gasteiger partial charge in [-0.25, -0.2) is 4.98 Å². The molecular weight excluding hydrogens is 226 g/mol. The Morgan fingerprint density at radius 1 is 1.50 bits per heavy atom. The van der Waals surface area contributed by atoms with Crippen LogP contribution >= 0.6 is 11.3 Å². The molecule has 2 aromatic rings. The van der Waals surface area contributed by atoms with Gasteiger partial charge in [-0.1, -0.05) is 5.10 Å². The van der Waals surface area contributed by atoms with Crippen molar-refractivity contribution in [2.75, 3.05) is 11.9 Å². The molecule has 0 amide bonds. The van der Waals surface area contributed by atoms with Crippen LogP contribution in [0, 0.1) is 6.92 Å². The van der Waals surface area contributed by atoms with E-state index in [9.17, 15) is 0 Å². The van der Waals surface area contributed by atoms with E-state index in [1.807, 2.05) is 13.1 Å². The molecule has 2 rings (SSSR count). The van der Waals surface area contributed by atoms with Gasteiger partial charge in [0.25, 0.3) is 0 Å². The van der Waals surface area contributed by atoms with Crippen molar-refractivity contribution < 1.29 is 4.42 Å². The Labute approximate surface area is 96.9 Å². The van der Waals surface area contributed by atoms with E-state index < -0.39 is 0 Å². The van der Waals surface area contributed by atoms with Gasteiger partial charge in [0, 0.05) is 24.0 Å². The second-order valence-corrected chi connectivity index (χ2v) is 4.58. The highest BCUT2D eigenvalue weighted by Crippen LogP contribution is 2.13. The lowest BCUT2D eigenvalue weighted by Crippen LogP contribution is -2.02. The number of rotatable bonds is 5. The number of nitrogens with one attached hydrogen (secondary N) is 1. The zero-order valence-electron chi connectivity index (χ0n) is 8.93. The van der Waals surface area contributed by atoms with Crippen molar-refractivity contribution in [2.45, 2.75) is 19.9 Å². The third kappa shape index (κ3) is 2.77. The van der Waals surface area contributed by atoms with Crippen LogP contribution in [-0.4, -0.2) is 21.7 Å². The summed E-state index contributed by atoms with van der Waals surface area (Å²) in [6.07, 6.45) is 2.44.